The van der Waals surface area contributed by atoms with E-state index in [9.17, 15) is 9.36 Å². The summed E-state index contributed by atoms with van der Waals surface area (Å²) in [4.78, 5) is 10.4. The highest BCUT2D eigenvalue weighted by Gasteiger charge is 2.27. The zero-order valence-electron chi connectivity index (χ0n) is 13.1. The molecule has 0 aliphatic heterocycles. The van der Waals surface area contributed by atoms with Gasteiger partial charge in [-0.2, -0.15) is 0 Å². The number of rotatable bonds is 17. The van der Waals surface area contributed by atoms with E-state index in [1.54, 1.807) is 0 Å². The highest BCUT2D eigenvalue weighted by atomic mass is 31.2. The molecule has 0 aliphatic carbocycles. The van der Waals surface area contributed by atoms with Gasteiger partial charge in [0.05, 0.1) is 26.4 Å². The minimum atomic E-state index is -3.90. The lowest BCUT2D eigenvalue weighted by Gasteiger charge is -2.15. The number of carbonyl (C=O) groups is 1. The van der Waals surface area contributed by atoms with Crippen molar-refractivity contribution < 1.29 is 37.5 Å². The van der Waals surface area contributed by atoms with Gasteiger partial charge in [0.15, 0.2) is 0 Å². The van der Waals surface area contributed by atoms with Crippen molar-refractivity contribution in [1.82, 2.24) is 0 Å². The second-order valence-corrected chi connectivity index (χ2v) is 5.95. The molecule has 0 saturated carbocycles. The normalized spacial score (nSPS) is 13.7. The smallest absolute Gasteiger partial charge is 0.396 e. The average Bonchev–Trinajstić information content (AvgIpc) is 2.50. The molecule has 0 amide bonds. The Balaban J connectivity index is 3.76. The molecule has 9 heteroatoms. The molecular weight excluding hydrogens is 315 g/mol. The molecule has 1 unspecified atom stereocenters. The molecule has 1 N–H and O–H groups in total. The van der Waals surface area contributed by atoms with Crippen LogP contribution >= 0.6 is 7.82 Å². The SMILES string of the molecule is CCCCOCCOP(=O)(OC=O)OCCOCCCCO. The summed E-state index contributed by atoms with van der Waals surface area (Å²) in [5.74, 6) is 0. The van der Waals surface area contributed by atoms with E-state index >= 15 is 0 Å². The van der Waals surface area contributed by atoms with E-state index in [4.69, 9.17) is 23.6 Å². The quantitative estimate of drug-likeness (QED) is 0.243. The summed E-state index contributed by atoms with van der Waals surface area (Å²) in [6, 6.07) is 0. The van der Waals surface area contributed by atoms with E-state index in [0.717, 1.165) is 19.3 Å². The van der Waals surface area contributed by atoms with Crippen molar-refractivity contribution in [3.63, 3.8) is 0 Å². The average molecular weight is 342 g/mol. The van der Waals surface area contributed by atoms with Crippen molar-refractivity contribution in [2.24, 2.45) is 0 Å². The maximum absolute atomic E-state index is 12.0. The molecule has 0 rings (SSSR count). The molecule has 0 saturated heterocycles. The molecular formula is C13H27O8P. The van der Waals surface area contributed by atoms with Crippen LogP contribution in [0.4, 0.5) is 0 Å². The fraction of sp³-hybridized carbons (Fsp3) is 0.923. The van der Waals surface area contributed by atoms with Gasteiger partial charge in [-0.1, -0.05) is 13.3 Å². The number of phosphoric ester groups is 1. The first-order valence-electron chi connectivity index (χ1n) is 7.46. The van der Waals surface area contributed by atoms with Gasteiger partial charge in [0.25, 0.3) is 0 Å². The highest BCUT2D eigenvalue weighted by Crippen LogP contribution is 2.48. The summed E-state index contributed by atoms with van der Waals surface area (Å²) in [6.45, 7) is 3.67. The van der Waals surface area contributed by atoms with Crippen LogP contribution in [-0.2, 0) is 32.4 Å². The Labute approximate surface area is 131 Å². The van der Waals surface area contributed by atoms with Gasteiger partial charge in [-0.3, -0.25) is 13.8 Å². The van der Waals surface area contributed by atoms with Crippen LogP contribution in [-0.4, -0.2) is 57.8 Å². The Morgan fingerprint density at radius 2 is 1.50 bits per heavy atom. The second-order valence-electron chi connectivity index (χ2n) is 4.32. The number of ether oxygens (including phenoxy) is 2. The maximum atomic E-state index is 12.0. The first kappa shape index (κ1) is 21.5. The van der Waals surface area contributed by atoms with E-state index in [1.165, 1.54) is 0 Å². The molecule has 0 aromatic carbocycles. The first-order chi connectivity index (χ1) is 10.7. The van der Waals surface area contributed by atoms with Crippen molar-refractivity contribution in [2.75, 3.05) is 46.2 Å². The van der Waals surface area contributed by atoms with Crippen LogP contribution in [0, 0.1) is 0 Å². The number of unbranched alkanes of at least 4 members (excludes halogenated alkanes) is 2. The van der Waals surface area contributed by atoms with Gasteiger partial charge in [-0.15, -0.1) is 0 Å². The Hall–Kier alpha value is -0.500. The van der Waals surface area contributed by atoms with Gasteiger partial charge in [0, 0.05) is 19.8 Å². The Bertz CT molecular complexity index is 300. The molecule has 0 spiro atoms. The third-order valence-electron chi connectivity index (χ3n) is 2.47. The molecule has 0 heterocycles. The summed E-state index contributed by atoms with van der Waals surface area (Å²) in [5.41, 5.74) is 0. The summed E-state index contributed by atoms with van der Waals surface area (Å²) < 4.78 is 36.7. The minimum Gasteiger partial charge on any atom is -0.396 e. The molecule has 22 heavy (non-hydrogen) atoms. The largest absolute Gasteiger partial charge is 0.532 e. The zero-order valence-corrected chi connectivity index (χ0v) is 14.0. The van der Waals surface area contributed by atoms with Gasteiger partial charge in [-0.25, -0.2) is 4.57 Å². The van der Waals surface area contributed by atoms with Crippen LogP contribution in [0.25, 0.3) is 0 Å². The van der Waals surface area contributed by atoms with Crippen molar-refractivity contribution in [2.45, 2.75) is 32.6 Å². The number of aliphatic hydroxyl groups is 1. The summed E-state index contributed by atoms with van der Waals surface area (Å²) in [6.07, 6.45) is 3.35. The van der Waals surface area contributed by atoms with Crippen molar-refractivity contribution >= 4 is 14.3 Å². The Kier molecular flexibility index (Phi) is 15.0. The van der Waals surface area contributed by atoms with Gasteiger partial charge in [0.1, 0.15) is 0 Å². The van der Waals surface area contributed by atoms with Crippen LogP contribution in [0.5, 0.6) is 0 Å². The fourth-order valence-corrected chi connectivity index (χ4v) is 2.23. The number of hydrogen-bond donors (Lipinski definition) is 1. The third-order valence-corrected chi connectivity index (χ3v) is 3.81. The van der Waals surface area contributed by atoms with Crippen LogP contribution in [0.3, 0.4) is 0 Å². The topological polar surface area (TPSA) is 101 Å². The lowest BCUT2D eigenvalue weighted by atomic mass is 10.3. The van der Waals surface area contributed by atoms with Crippen LogP contribution in [0.15, 0.2) is 0 Å². The molecule has 132 valence electrons. The molecule has 0 aliphatic rings. The number of carbonyl (C=O) groups excluding carboxylic acids is 1. The summed E-state index contributed by atoms with van der Waals surface area (Å²) in [7, 11) is -3.90. The summed E-state index contributed by atoms with van der Waals surface area (Å²) in [5, 5.41) is 8.59. The number of hydrogen-bond acceptors (Lipinski definition) is 8. The van der Waals surface area contributed by atoms with Crippen LogP contribution in [0.2, 0.25) is 0 Å². The fourth-order valence-electron chi connectivity index (χ4n) is 1.33. The molecule has 0 aromatic rings. The third kappa shape index (κ3) is 13.2. The van der Waals surface area contributed by atoms with Crippen molar-refractivity contribution in [3.05, 3.63) is 0 Å². The maximum Gasteiger partial charge on any atom is 0.532 e. The molecule has 0 fully saturated rings. The molecule has 1 atom stereocenters. The Morgan fingerprint density at radius 3 is 2.00 bits per heavy atom. The van der Waals surface area contributed by atoms with Gasteiger partial charge in [-0.05, 0) is 19.3 Å². The number of aliphatic hydroxyl groups excluding tert-OH is 1. The second kappa shape index (κ2) is 15.4. The Morgan fingerprint density at radius 1 is 0.909 bits per heavy atom. The summed E-state index contributed by atoms with van der Waals surface area (Å²) >= 11 is 0. The predicted octanol–water partition coefficient (Wildman–Crippen LogP) is 1.91. The van der Waals surface area contributed by atoms with E-state index in [0.29, 0.717) is 19.6 Å². The molecule has 8 nitrogen and oxygen atoms in total. The molecule has 0 aromatic heterocycles. The first-order valence-corrected chi connectivity index (χ1v) is 8.92. The standard InChI is InChI=1S/C13H27O8P/c1-2-3-7-17-9-11-19-22(16,21-13-15)20-12-10-18-8-5-4-6-14/h13-14H,2-12H2,1H3. The molecule has 0 radical (unpaired) electrons. The van der Waals surface area contributed by atoms with E-state index in [2.05, 4.69) is 4.52 Å². The van der Waals surface area contributed by atoms with Crippen molar-refractivity contribution in [3.8, 4) is 0 Å². The monoisotopic (exact) mass is 342 g/mol. The minimum absolute atomic E-state index is 0.00614. The molecule has 0 bridgehead atoms. The van der Waals surface area contributed by atoms with Gasteiger partial charge in [0.2, 0.25) is 0 Å². The predicted molar refractivity (Wildman–Crippen MR) is 79.5 cm³/mol. The zero-order chi connectivity index (χ0) is 16.5. The van der Waals surface area contributed by atoms with Crippen LogP contribution < -0.4 is 0 Å². The lowest BCUT2D eigenvalue weighted by Crippen LogP contribution is -2.10. The van der Waals surface area contributed by atoms with Gasteiger partial charge < -0.3 is 19.1 Å². The van der Waals surface area contributed by atoms with E-state index in [-0.39, 0.29) is 39.5 Å². The van der Waals surface area contributed by atoms with E-state index in [1.807, 2.05) is 6.92 Å². The van der Waals surface area contributed by atoms with E-state index < -0.39 is 7.82 Å². The lowest BCUT2D eigenvalue weighted by molar-refractivity contribution is -0.122. The van der Waals surface area contributed by atoms with Crippen molar-refractivity contribution in [1.29, 1.82) is 0 Å². The van der Waals surface area contributed by atoms with Gasteiger partial charge >= 0.3 is 14.3 Å². The number of phosphoric acid groups is 1. The van der Waals surface area contributed by atoms with Crippen LogP contribution in [0.1, 0.15) is 32.6 Å². The highest BCUT2D eigenvalue weighted by molar-refractivity contribution is 7.49.